The van der Waals surface area contributed by atoms with E-state index in [1.165, 1.54) is 5.52 Å². The summed E-state index contributed by atoms with van der Waals surface area (Å²) >= 11 is 5.94. The van der Waals surface area contributed by atoms with Gasteiger partial charge in [-0.05, 0) is 30.7 Å². The molecule has 4 heteroatoms. The van der Waals surface area contributed by atoms with Crippen LogP contribution in [0.3, 0.4) is 0 Å². The Kier molecular flexibility index (Phi) is 1.99. The summed E-state index contributed by atoms with van der Waals surface area (Å²) in [6.07, 6.45) is 0.935. The maximum atomic E-state index is 9.00. The quantitative estimate of drug-likeness (QED) is 0.728. The molecular formula is C11H11ClN2O. The fraction of sp³-hybridized carbons (Fsp3) is 0.273. The number of hydrogen-bond donors (Lipinski definition) is 2. The van der Waals surface area contributed by atoms with E-state index in [-0.39, 0.29) is 6.04 Å². The van der Waals surface area contributed by atoms with Gasteiger partial charge in [0.15, 0.2) is 0 Å². The standard InChI is InChI=1S/C11H11ClN2O/c12-8-1-2-10-7(5-8)6-11-9(13-15)3-4-14(10)11/h1-2,5-6,9,13,15H,3-4H2. The summed E-state index contributed by atoms with van der Waals surface area (Å²) in [4.78, 5) is 0. The third kappa shape index (κ3) is 1.28. The molecule has 1 atom stereocenters. The zero-order valence-corrected chi connectivity index (χ0v) is 8.83. The van der Waals surface area contributed by atoms with Gasteiger partial charge >= 0.3 is 0 Å². The lowest BCUT2D eigenvalue weighted by Gasteiger charge is -2.03. The normalized spacial score (nSPS) is 19.7. The molecule has 0 saturated heterocycles. The minimum atomic E-state index is 0.0520. The first-order valence-corrected chi connectivity index (χ1v) is 5.35. The summed E-state index contributed by atoms with van der Waals surface area (Å²) in [5, 5.41) is 10.9. The van der Waals surface area contributed by atoms with Crippen LogP contribution in [0, 0.1) is 0 Å². The zero-order valence-electron chi connectivity index (χ0n) is 8.07. The lowest BCUT2D eigenvalue weighted by atomic mass is 10.2. The molecule has 0 radical (unpaired) electrons. The minimum absolute atomic E-state index is 0.0520. The molecule has 78 valence electrons. The molecule has 1 aliphatic rings. The third-order valence-corrected chi connectivity index (χ3v) is 3.28. The van der Waals surface area contributed by atoms with Gasteiger partial charge in [0.25, 0.3) is 0 Å². The van der Waals surface area contributed by atoms with Crippen LogP contribution in [-0.2, 0) is 6.54 Å². The molecule has 2 heterocycles. The van der Waals surface area contributed by atoms with Gasteiger partial charge in [-0.2, -0.15) is 5.48 Å². The van der Waals surface area contributed by atoms with Crippen molar-refractivity contribution in [3.05, 3.63) is 35.0 Å². The van der Waals surface area contributed by atoms with E-state index in [9.17, 15) is 0 Å². The van der Waals surface area contributed by atoms with Crippen LogP contribution in [-0.4, -0.2) is 9.77 Å². The average molecular weight is 223 g/mol. The van der Waals surface area contributed by atoms with Gasteiger partial charge in [0.2, 0.25) is 0 Å². The highest BCUT2D eigenvalue weighted by molar-refractivity contribution is 6.31. The first-order valence-electron chi connectivity index (χ1n) is 4.98. The SMILES string of the molecule is ONC1CCn2c1cc1cc(Cl)ccc12. The maximum absolute atomic E-state index is 9.00. The van der Waals surface area contributed by atoms with E-state index >= 15 is 0 Å². The van der Waals surface area contributed by atoms with Gasteiger partial charge in [-0.15, -0.1) is 0 Å². The summed E-state index contributed by atoms with van der Waals surface area (Å²) in [7, 11) is 0. The summed E-state index contributed by atoms with van der Waals surface area (Å²) in [5.74, 6) is 0. The molecule has 3 nitrogen and oxygen atoms in total. The number of fused-ring (bicyclic) bond motifs is 3. The van der Waals surface area contributed by atoms with Crippen molar-refractivity contribution in [2.45, 2.75) is 19.0 Å². The van der Waals surface area contributed by atoms with Gasteiger partial charge in [0.1, 0.15) is 0 Å². The van der Waals surface area contributed by atoms with Crippen molar-refractivity contribution < 1.29 is 5.21 Å². The van der Waals surface area contributed by atoms with Gasteiger partial charge in [-0.25, -0.2) is 0 Å². The lowest BCUT2D eigenvalue weighted by molar-refractivity contribution is 0.126. The van der Waals surface area contributed by atoms with E-state index in [1.54, 1.807) is 0 Å². The lowest BCUT2D eigenvalue weighted by Crippen LogP contribution is -2.13. The maximum Gasteiger partial charge on any atom is 0.0738 e. The molecule has 0 fully saturated rings. The van der Waals surface area contributed by atoms with E-state index in [0.717, 1.165) is 29.1 Å². The van der Waals surface area contributed by atoms with Crippen molar-refractivity contribution in [2.75, 3.05) is 0 Å². The smallest absolute Gasteiger partial charge is 0.0738 e. The van der Waals surface area contributed by atoms with Gasteiger partial charge in [0.05, 0.1) is 6.04 Å². The third-order valence-electron chi connectivity index (χ3n) is 3.05. The Balaban J connectivity index is 2.25. The molecule has 0 amide bonds. The van der Waals surface area contributed by atoms with Crippen molar-refractivity contribution in [1.82, 2.24) is 10.0 Å². The number of aryl methyl sites for hydroxylation is 1. The Bertz CT molecular complexity index is 521. The Hall–Kier alpha value is -1.03. The first-order chi connectivity index (χ1) is 7.29. The van der Waals surface area contributed by atoms with Gasteiger partial charge < -0.3 is 9.77 Å². The second-order valence-corrected chi connectivity index (χ2v) is 4.33. The van der Waals surface area contributed by atoms with Crippen LogP contribution in [0.1, 0.15) is 18.2 Å². The Morgan fingerprint density at radius 1 is 1.40 bits per heavy atom. The number of rotatable bonds is 1. The van der Waals surface area contributed by atoms with Crippen molar-refractivity contribution in [3.8, 4) is 0 Å². The molecule has 3 rings (SSSR count). The zero-order chi connectivity index (χ0) is 10.4. The van der Waals surface area contributed by atoms with Crippen LogP contribution >= 0.6 is 11.6 Å². The Morgan fingerprint density at radius 3 is 3.07 bits per heavy atom. The number of hydroxylamine groups is 1. The molecule has 2 aromatic rings. The van der Waals surface area contributed by atoms with Gasteiger partial charge in [-0.1, -0.05) is 11.6 Å². The topological polar surface area (TPSA) is 37.2 Å². The number of nitrogens with zero attached hydrogens (tertiary/aromatic N) is 1. The highest BCUT2D eigenvalue weighted by atomic mass is 35.5. The second kappa shape index (κ2) is 3.23. The van der Waals surface area contributed by atoms with Crippen molar-refractivity contribution in [2.24, 2.45) is 0 Å². The van der Waals surface area contributed by atoms with Crippen molar-refractivity contribution in [3.63, 3.8) is 0 Å². The van der Waals surface area contributed by atoms with E-state index in [2.05, 4.69) is 16.1 Å². The predicted molar refractivity (Wildman–Crippen MR) is 59.2 cm³/mol. The van der Waals surface area contributed by atoms with Crippen LogP contribution in [0.15, 0.2) is 24.3 Å². The van der Waals surface area contributed by atoms with Crippen molar-refractivity contribution in [1.29, 1.82) is 0 Å². The highest BCUT2D eigenvalue weighted by Gasteiger charge is 2.23. The number of aromatic nitrogens is 1. The molecule has 15 heavy (non-hydrogen) atoms. The fourth-order valence-corrected chi connectivity index (χ4v) is 2.52. The molecule has 0 spiro atoms. The minimum Gasteiger partial charge on any atom is -0.343 e. The van der Waals surface area contributed by atoms with Gasteiger partial charge in [0, 0.05) is 28.2 Å². The predicted octanol–water partition coefficient (Wildman–Crippen LogP) is 2.72. The molecule has 1 aliphatic heterocycles. The average Bonchev–Trinajstić information content (AvgIpc) is 2.74. The van der Waals surface area contributed by atoms with Crippen molar-refractivity contribution >= 4 is 22.5 Å². The number of benzene rings is 1. The van der Waals surface area contributed by atoms with E-state index < -0.39 is 0 Å². The Labute approximate surface area is 92.2 Å². The number of nitrogens with one attached hydrogen (secondary N) is 1. The molecule has 2 N–H and O–H groups in total. The Morgan fingerprint density at radius 2 is 2.27 bits per heavy atom. The largest absolute Gasteiger partial charge is 0.343 e. The van der Waals surface area contributed by atoms with Crippen LogP contribution in [0.4, 0.5) is 0 Å². The first kappa shape index (κ1) is 9.21. The molecule has 1 aromatic carbocycles. The summed E-state index contributed by atoms with van der Waals surface area (Å²) < 4.78 is 2.22. The van der Waals surface area contributed by atoms with E-state index in [4.69, 9.17) is 16.8 Å². The summed E-state index contributed by atoms with van der Waals surface area (Å²) in [6.45, 7) is 0.943. The number of halogens is 1. The number of hydrogen-bond acceptors (Lipinski definition) is 2. The summed E-state index contributed by atoms with van der Waals surface area (Å²) in [5.41, 5.74) is 4.66. The van der Waals surface area contributed by atoms with Crippen LogP contribution in [0.2, 0.25) is 5.02 Å². The molecule has 0 aliphatic carbocycles. The van der Waals surface area contributed by atoms with Crippen LogP contribution in [0.5, 0.6) is 0 Å². The van der Waals surface area contributed by atoms with E-state index in [0.29, 0.717) is 0 Å². The second-order valence-electron chi connectivity index (χ2n) is 3.89. The van der Waals surface area contributed by atoms with Gasteiger partial charge in [-0.3, -0.25) is 0 Å². The van der Waals surface area contributed by atoms with Crippen LogP contribution < -0.4 is 5.48 Å². The monoisotopic (exact) mass is 222 g/mol. The molecule has 1 unspecified atom stereocenters. The summed E-state index contributed by atoms with van der Waals surface area (Å²) in [6, 6.07) is 8.02. The highest BCUT2D eigenvalue weighted by Crippen LogP contribution is 2.33. The fourth-order valence-electron chi connectivity index (χ4n) is 2.34. The molecule has 0 bridgehead atoms. The molecular weight excluding hydrogens is 212 g/mol. The van der Waals surface area contributed by atoms with E-state index in [1.807, 2.05) is 18.2 Å². The van der Waals surface area contributed by atoms with Crippen LogP contribution in [0.25, 0.3) is 10.9 Å². The molecule has 0 saturated carbocycles. The molecule has 1 aromatic heterocycles.